The van der Waals surface area contributed by atoms with Gasteiger partial charge in [-0.1, -0.05) is 18.2 Å². The van der Waals surface area contributed by atoms with Gasteiger partial charge in [0.05, 0.1) is 0 Å². The van der Waals surface area contributed by atoms with Crippen molar-refractivity contribution < 1.29 is 13.2 Å². The van der Waals surface area contributed by atoms with Crippen LogP contribution in [-0.2, 0) is 10.7 Å². The molecule has 0 amide bonds. The molecule has 0 radical (unpaired) electrons. The molecule has 1 rings (SSSR count). The van der Waals surface area contributed by atoms with Crippen molar-refractivity contribution in [1.82, 2.24) is 0 Å². The zero-order valence-electron chi connectivity index (χ0n) is 5.93. The topological polar surface area (TPSA) is 23.9 Å². The molecule has 0 fully saturated rings. The molecule has 1 atom stereocenters. The minimum atomic E-state index is -4.44. The lowest BCUT2D eigenvalue weighted by molar-refractivity contribution is -0.0360. The molecule has 0 aromatic heterocycles. The number of hydrogen-bond acceptors (Lipinski definition) is 1. The Morgan fingerprint density at radius 2 is 1.58 bits per heavy atom. The van der Waals surface area contributed by atoms with Crippen LogP contribution in [0, 0.1) is 4.78 Å². The van der Waals surface area contributed by atoms with Crippen molar-refractivity contribution in [3.63, 3.8) is 0 Å². The first-order chi connectivity index (χ1) is 5.52. The van der Waals surface area contributed by atoms with Gasteiger partial charge in [-0.15, -0.1) is 0 Å². The molecular weight excluding hydrogens is 187 g/mol. The Hall–Kier alpha value is -0.840. The summed E-state index contributed by atoms with van der Waals surface area (Å²) in [5.74, 6) is 0. The number of alkyl halides is 3. The molecule has 0 aliphatic heterocycles. The highest BCUT2D eigenvalue weighted by Gasteiger charge is 2.33. The molecule has 0 spiro atoms. The van der Waals surface area contributed by atoms with Crippen LogP contribution < -0.4 is 0 Å². The third-order valence-electron chi connectivity index (χ3n) is 1.21. The number of nitrogens with one attached hydrogen (secondary N) is 1. The molecule has 0 bridgehead atoms. The summed E-state index contributed by atoms with van der Waals surface area (Å²) < 4.78 is 42.7. The Balaban J connectivity index is 2.94. The first-order valence-electron chi connectivity index (χ1n) is 3.09. The molecule has 0 aliphatic rings. The molecule has 12 heavy (non-hydrogen) atoms. The van der Waals surface area contributed by atoms with E-state index in [0.717, 1.165) is 0 Å². The van der Waals surface area contributed by atoms with E-state index in [2.05, 4.69) is 0 Å². The minimum Gasteiger partial charge on any atom is -0.268 e. The van der Waals surface area contributed by atoms with Crippen molar-refractivity contribution in [2.45, 2.75) is 10.4 Å². The van der Waals surface area contributed by atoms with Gasteiger partial charge in [-0.3, -0.25) is 4.78 Å². The van der Waals surface area contributed by atoms with Gasteiger partial charge in [-0.25, -0.2) is 0 Å². The maximum Gasteiger partial charge on any atom is 0.456 e. The first kappa shape index (κ1) is 9.25. The zero-order valence-corrected chi connectivity index (χ0v) is 6.75. The highest BCUT2D eigenvalue weighted by Crippen LogP contribution is 2.26. The highest BCUT2D eigenvalue weighted by atomic mass is 32.2. The maximum absolute atomic E-state index is 12.0. The van der Waals surface area contributed by atoms with Crippen LogP contribution in [0.1, 0.15) is 0 Å². The molecule has 1 aromatic rings. The van der Waals surface area contributed by atoms with E-state index >= 15 is 0 Å². The fourth-order valence-electron chi connectivity index (χ4n) is 0.690. The monoisotopic (exact) mass is 193 g/mol. The van der Waals surface area contributed by atoms with Gasteiger partial charge in [-0.05, 0) is 12.1 Å². The predicted molar refractivity (Wildman–Crippen MR) is 40.8 cm³/mol. The standard InChI is InChI=1S/C7H6F3NS/c8-7(9,10)12(11)6-4-2-1-3-5-6/h1-5,11H. The SMILES string of the molecule is N=S(c1ccccc1)C(F)(F)F. The fourth-order valence-corrected chi connectivity index (χ4v) is 1.39. The second-order valence-corrected chi connectivity index (χ2v) is 3.61. The van der Waals surface area contributed by atoms with Gasteiger partial charge >= 0.3 is 5.51 Å². The third kappa shape index (κ3) is 2.07. The van der Waals surface area contributed by atoms with Gasteiger partial charge in [-0.2, -0.15) is 13.2 Å². The summed E-state index contributed by atoms with van der Waals surface area (Å²) >= 11 is 0. The minimum absolute atomic E-state index is 0.00463. The molecule has 1 N–H and O–H groups in total. The summed E-state index contributed by atoms with van der Waals surface area (Å²) in [6.45, 7) is 0. The average molecular weight is 193 g/mol. The van der Waals surface area contributed by atoms with Crippen LogP contribution in [0.5, 0.6) is 0 Å². The van der Waals surface area contributed by atoms with Crippen LogP contribution in [0.4, 0.5) is 13.2 Å². The van der Waals surface area contributed by atoms with Gasteiger partial charge in [0.15, 0.2) is 0 Å². The molecule has 0 saturated heterocycles. The van der Waals surface area contributed by atoms with E-state index in [0.29, 0.717) is 0 Å². The summed E-state index contributed by atoms with van der Waals surface area (Å²) in [7, 11) is -2.40. The van der Waals surface area contributed by atoms with Crippen LogP contribution in [0.2, 0.25) is 0 Å². The molecular formula is C7H6F3NS. The van der Waals surface area contributed by atoms with E-state index in [1.54, 1.807) is 6.07 Å². The summed E-state index contributed by atoms with van der Waals surface area (Å²) in [5.41, 5.74) is -4.44. The van der Waals surface area contributed by atoms with Crippen LogP contribution in [-0.4, -0.2) is 5.51 Å². The normalized spacial score (nSPS) is 14.2. The van der Waals surface area contributed by atoms with Crippen LogP contribution >= 0.6 is 0 Å². The summed E-state index contributed by atoms with van der Waals surface area (Å²) in [6.07, 6.45) is 0. The van der Waals surface area contributed by atoms with Gasteiger partial charge in [0.25, 0.3) is 0 Å². The van der Waals surface area contributed by atoms with Crippen molar-refractivity contribution >= 4 is 10.7 Å². The number of halogens is 3. The van der Waals surface area contributed by atoms with Crippen molar-refractivity contribution in [2.75, 3.05) is 0 Å². The van der Waals surface area contributed by atoms with E-state index in [4.69, 9.17) is 4.78 Å². The predicted octanol–water partition coefficient (Wildman–Crippen LogP) is 2.95. The maximum atomic E-state index is 12.0. The highest BCUT2D eigenvalue weighted by molar-refractivity contribution is 7.87. The van der Waals surface area contributed by atoms with E-state index < -0.39 is 16.2 Å². The van der Waals surface area contributed by atoms with Crippen molar-refractivity contribution in [3.05, 3.63) is 30.3 Å². The fraction of sp³-hybridized carbons (Fsp3) is 0.143. The van der Waals surface area contributed by atoms with E-state index in [-0.39, 0.29) is 4.90 Å². The summed E-state index contributed by atoms with van der Waals surface area (Å²) in [4.78, 5) is 0.00463. The molecule has 1 aromatic carbocycles. The van der Waals surface area contributed by atoms with E-state index in [9.17, 15) is 13.2 Å². The summed E-state index contributed by atoms with van der Waals surface area (Å²) in [6, 6.07) is 7.23. The van der Waals surface area contributed by atoms with Crippen LogP contribution in [0.25, 0.3) is 0 Å². The van der Waals surface area contributed by atoms with Gasteiger partial charge in [0.2, 0.25) is 0 Å². The quantitative estimate of drug-likeness (QED) is 0.709. The Labute approximate surface area is 70.1 Å². The second kappa shape index (κ2) is 3.26. The molecule has 66 valence electrons. The largest absolute Gasteiger partial charge is 0.456 e. The Morgan fingerprint density at radius 3 is 2.00 bits per heavy atom. The van der Waals surface area contributed by atoms with Crippen LogP contribution in [0.3, 0.4) is 0 Å². The molecule has 0 heterocycles. The van der Waals surface area contributed by atoms with Gasteiger partial charge < -0.3 is 0 Å². The number of hydrogen-bond donors (Lipinski definition) is 1. The third-order valence-corrected chi connectivity index (χ3v) is 2.42. The summed E-state index contributed by atoms with van der Waals surface area (Å²) in [5, 5.41) is 0. The van der Waals surface area contributed by atoms with Crippen molar-refractivity contribution in [2.24, 2.45) is 0 Å². The van der Waals surface area contributed by atoms with E-state index in [1.807, 2.05) is 0 Å². The Bertz CT molecular complexity index is 280. The number of benzene rings is 1. The van der Waals surface area contributed by atoms with Crippen LogP contribution in [0.15, 0.2) is 35.2 Å². The molecule has 1 unspecified atom stereocenters. The lowest BCUT2D eigenvalue weighted by Crippen LogP contribution is -2.14. The average Bonchev–Trinajstić information content (AvgIpc) is 2.03. The lowest BCUT2D eigenvalue weighted by atomic mass is 10.4. The van der Waals surface area contributed by atoms with Crippen molar-refractivity contribution in [1.29, 1.82) is 4.78 Å². The Morgan fingerprint density at radius 1 is 1.08 bits per heavy atom. The number of rotatable bonds is 1. The molecule has 1 nitrogen and oxygen atoms in total. The first-order valence-corrected chi connectivity index (χ1v) is 4.31. The molecule has 0 aliphatic carbocycles. The van der Waals surface area contributed by atoms with Crippen molar-refractivity contribution in [3.8, 4) is 0 Å². The molecule has 5 heteroatoms. The van der Waals surface area contributed by atoms with E-state index in [1.165, 1.54) is 24.3 Å². The lowest BCUT2D eigenvalue weighted by Gasteiger charge is -2.08. The smallest absolute Gasteiger partial charge is 0.268 e. The van der Waals surface area contributed by atoms with Gasteiger partial charge in [0.1, 0.15) is 0 Å². The zero-order chi connectivity index (χ0) is 9.19. The van der Waals surface area contributed by atoms with Gasteiger partial charge in [0, 0.05) is 15.6 Å². The second-order valence-electron chi connectivity index (χ2n) is 2.06. The Kier molecular flexibility index (Phi) is 2.52. The molecule has 0 saturated carbocycles.